The molecule has 0 aromatic heterocycles. The van der Waals surface area contributed by atoms with Crippen LogP contribution in [0.3, 0.4) is 0 Å². The normalized spacial score (nSPS) is 13.3. The minimum Gasteiger partial charge on any atom is -0.355 e. The van der Waals surface area contributed by atoms with Crippen LogP contribution in [0.25, 0.3) is 0 Å². The van der Waals surface area contributed by atoms with E-state index in [4.69, 9.17) is 0 Å². The molecule has 0 spiro atoms. The molecule has 8 nitrogen and oxygen atoms in total. The lowest BCUT2D eigenvalue weighted by Crippen LogP contribution is -2.52. The first-order valence-electron chi connectivity index (χ1n) is 9.30. The summed E-state index contributed by atoms with van der Waals surface area (Å²) >= 11 is 1.33. The van der Waals surface area contributed by atoms with Gasteiger partial charge < -0.3 is 21.3 Å². The maximum Gasteiger partial charge on any atom is 0.243 e. The largest absolute Gasteiger partial charge is 0.355 e. The number of hydrogen-bond donors (Lipinski definition) is 4. The number of hydrogen-bond acceptors (Lipinski definition) is 5. The molecule has 27 heavy (non-hydrogen) atoms. The maximum atomic E-state index is 12.3. The van der Waals surface area contributed by atoms with Gasteiger partial charge in [0.25, 0.3) is 0 Å². The molecule has 0 aliphatic carbocycles. The third-order valence-electron chi connectivity index (χ3n) is 3.55. The number of carbonyl (C=O) groups is 4. The first-order chi connectivity index (χ1) is 12.6. The average Bonchev–Trinajstić information content (AvgIpc) is 2.58. The third kappa shape index (κ3) is 10.2. The van der Waals surface area contributed by atoms with Gasteiger partial charge in [-0.05, 0) is 13.8 Å². The highest BCUT2D eigenvalue weighted by molar-refractivity contribution is 7.99. The van der Waals surface area contributed by atoms with E-state index in [1.807, 2.05) is 0 Å². The Morgan fingerprint density at radius 3 is 1.63 bits per heavy atom. The molecular weight excluding hydrogens is 368 g/mol. The number of likely N-dealkylation sites (N-methyl/N-ethyl adjacent to an activating group) is 2. The lowest BCUT2D eigenvalue weighted by molar-refractivity contribution is -0.133. The van der Waals surface area contributed by atoms with Gasteiger partial charge in [-0.25, -0.2) is 0 Å². The van der Waals surface area contributed by atoms with Crippen molar-refractivity contribution >= 4 is 35.4 Å². The second kappa shape index (κ2) is 12.6. The van der Waals surface area contributed by atoms with Crippen molar-refractivity contribution in [1.82, 2.24) is 21.3 Å². The number of amides is 4. The Morgan fingerprint density at radius 1 is 0.815 bits per heavy atom. The van der Waals surface area contributed by atoms with Crippen molar-refractivity contribution < 1.29 is 19.2 Å². The molecule has 156 valence electrons. The molecule has 0 fully saturated rings. The van der Waals surface area contributed by atoms with Crippen molar-refractivity contribution in [1.29, 1.82) is 0 Å². The summed E-state index contributed by atoms with van der Waals surface area (Å²) in [7, 11) is 0. The van der Waals surface area contributed by atoms with Crippen LogP contribution in [-0.4, -0.2) is 60.3 Å². The number of thioether (sulfide) groups is 1. The topological polar surface area (TPSA) is 116 Å². The van der Waals surface area contributed by atoms with Crippen LogP contribution in [0.2, 0.25) is 0 Å². The highest BCUT2D eigenvalue weighted by Crippen LogP contribution is 2.14. The lowest BCUT2D eigenvalue weighted by Gasteiger charge is -2.24. The predicted molar refractivity (Wildman–Crippen MR) is 108 cm³/mol. The van der Waals surface area contributed by atoms with Crippen LogP contribution in [0.15, 0.2) is 0 Å². The first kappa shape index (κ1) is 25.2. The van der Waals surface area contributed by atoms with Gasteiger partial charge in [0.1, 0.15) is 12.1 Å². The summed E-state index contributed by atoms with van der Waals surface area (Å²) in [6.45, 7) is 11.6. The quantitative estimate of drug-likeness (QED) is 0.400. The summed E-state index contributed by atoms with van der Waals surface area (Å²) in [6.07, 6.45) is 0.281. The van der Waals surface area contributed by atoms with Crippen molar-refractivity contribution in [2.24, 2.45) is 5.41 Å². The minimum atomic E-state index is -0.710. The molecule has 4 amide bonds. The van der Waals surface area contributed by atoms with Gasteiger partial charge in [0.05, 0.1) is 0 Å². The van der Waals surface area contributed by atoms with Crippen LogP contribution in [0.1, 0.15) is 48.0 Å². The zero-order chi connectivity index (χ0) is 21.0. The van der Waals surface area contributed by atoms with E-state index in [1.165, 1.54) is 11.8 Å². The second-order valence-electron chi connectivity index (χ2n) is 7.08. The molecular formula is C18H34N4O4S. The molecule has 0 aliphatic heterocycles. The third-order valence-corrected chi connectivity index (χ3v) is 4.68. The fraction of sp³-hybridized carbons (Fsp3) is 0.778. The average molecular weight is 403 g/mol. The highest BCUT2D eigenvalue weighted by Gasteiger charge is 2.28. The van der Waals surface area contributed by atoms with Crippen molar-refractivity contribution in [2.75, 3.05) is 24.6 Å². The molecule has 0 saturated carbocycles. The SMILES string of the molecule is CCNC(=O)C(CSCC(NC(=O)C(C)(C)C)C(=O)NCC)NC(=O)CC. The summed E-state index contributed by atoms with van der Waals surface area (Å²) in [4.78, 5) is 48.3. The zero-order valence-electron chi connectivity index (χ0n) is 17.2. The molecule has 0 radical (unpaired) electrons. The van der Waals surface area contributed by atoms with Gasteiger partial charge in [0.15, 0.2) is 0 Å². The van der Waals surface area contributed by atoms with Crippen LogP contribution < -0.4 is 21.3 Å². The van der Waals surface area contributed by atoms with Gasteiger partial charge in [0, 0.05) is 36.4 Å². The Morgan fingerprint density at radius 2 is 1.26 bits per heavy atom. The summed E-state index contributed by atoms with van der Waals surface area (Å²) in [5.41, 5.74) is -0.617. The van der Waals surface area contributed by atoms with Gasteiger partial charge in [-0.3, -0.25) is 19.2 Å². The zero-order valence-corrected chi connectivity index (χ0v) is 18.0. The van der Waals surface area contributed by atoms with Crippen LogP contribution in [0.5, 0.6) is 0 Å². The molecule has 0 aliphatic rings. The number of carbonyl (C=O) groups excluding carboxylic acids is 4. The van der Waals surface area contributed by atoms with Crippen molar-refractivity contribution in [3.63, 3.8) is 0 Å². The number of rotatable bonds is 11. The van der Waals surface area contributed by atoms with Crippen LogP contribution in [0, 0.1) is 5.41 Å². The van der Waals surface area contributed by atoms with Crippen molar-refractivity contribution in [3.8, 4) is 0 Å². The second-order valence-corrected chi connectivity index (χ2v) is 8.15. The molecule has 0 aromatic carbocycles. The van der Waals surface area contributed by atoms with E-state index in [1.54, 1.807) is 41.5 Å². The van der Waals surface area contributed by atoms with E-state index in [9.17, 15) is 19.2 Å². The standard InChI is InChI=1S/C18H34N4O4S/c1-7-14(23)21-12(15(24)19-8-2)10-27-11-13(16(25)20-9-3)22-17(26)18(4,5)6/h12-13H,7-11H2,1-6H3,(H,19,24)(H,20,25)(H,21,23)(H,22,26). The molecule has 2 atom stereocenters. The monoisotopic (exact) mass is 402 g/mol. The molecule has 0 aromatic rings. The Bertz CT molecular complexity index is 520. The first-order valence-corrected chi connectivity index (χ1v) is 10.5. The Kier molecular flexibility index (Phi) is 11.8. The molecule has 9 heteroatoms. The van der Waals surface area contributed by atoms with E-state index in [0.29, 0.717) is 24.6 Å². The van der Waals surface area contributed by atoms with E-state index < -0.39 is 17.5 Å². The van der Waals surface area contributed by atoms with Crippen LogP contribution >= 0.6 is 11.8 Å². The van der Waals surface area contributed by atoms with Gasteiger partial charge in [-0.2, -0.15) is 11.8 Å². The Labute approximate surface area is 166 Å². The smallest absolute Gasteiger partial charge is 0.243 e. The molecule has 0 saturated heterocycles. The Balaban J connectivity index is 4.93. The van der Waals surface area contributed by atoms with Gasteiger partial charge >= 0.3 is 0 Å². The highest BCUT2D eigenvalue weighted by atomic mass is 32.2. The predicted octanol–water partition coefficient (Wildman–Crippen LogP) is 0.418. The molecule has 2 unspecified atom stereocenters. The number of nitrogens with one attached hydrogen (secondary N) is 4. The van der Waals surface area contributed by atoms with Crippen molar-refractivity contribution in [2.45, 2.75) is 60.0 Å². The molecule has 4 N–H and O–H groups in total. The fourth-order valence-electron chi connectivity index (χ4n) is 1.94. The van der Waals surface area contributed by atoms with Crippen LogP contribution in [-0.2, 0) is 19.2 Å². The molecule has 0 heterocycles. The van der Waals surface area contributed by atoms with E-state index in [2.05, 4.69) is 21.3 Å². The van der Waals surface area contributed by atoms with Gasteiger partial charge in [0.2, 0.25) is 23.6 Å². The summed E-state index contributed by atoms with van der Waals surface area (Å²) in [5, 5.41) is 10.8. The molecule has 0 bridgehead atoms. The van der Waals surface area contributed by atoms with Crippen LogP contribution in [0.4, 0.5) is 0 Å². The van der Waals surface area contributed by atoms with E-state index in [-0.39, 0.29) is 30.0 Å². The fourth-order valence-corrected chi connectivity index (χ4v) is 3.01. The van der Waals surface area contributed by atoms with E-state index >= 15 is 0 Å². The molecule has 0 rings (SSSR count). The van der Waals surface area contributed by atoms with E-state index in [0.717, 1.165) is 0 Å². The minimum absolute atomic E-state index is 0.215. The summed E-state index contributed by atoms with van der Waals surface area (Å²) in [6, 6.07) is -1.39. The van der Waals surface area contributed by atoms with Gasteiger partial charge in [-0.15, -0.1) is 0 Å². The van der Waals surface area contributed by atoms with Crippen molar-refractivity contribution in [3.05, 3.63) is 0 Å². The van der Waals surface area contributed by atoms with Gasteiger partial charge in [-0.1, -0.05) is 27.7 Å². The summed E-state index contributed by atoms with van der Waals surface area (Å²) < 4.78 is 0. The summed E-state index contributed by atoms with van der Waals surface area (Å²) in [5.74, 6) is -0.369. The maximum absolute atomic E-state index is 12.3. The Hall–Kier alpha value is -1.77. The lowest BCUT2D eigenvalue weighted by atomic mass is 9.95.